The maximum atomic E-state index is 9.02. The Morgan fingerprint density at radius 2 is 1.60 bits per heavy atom. The molecule has 2 aliphatic rings. The van der Waals surface area contributed by atoms with E-state index in [4.69, 9.17) is 15.2 Å². The molecule has 0 radical (unpaired) electrons. The van der Waals surface area contributed by atoms with E-state index in [-0.39, 0.29) is 18.4 Å². The maximum Gasteiger partial charge on any atom is 0.172 e. The fraction of sp³-hybridized carbons (Fsp3) is 0.462. The number of aryl methyl sites for hydroxylation is 1. The highest BCUT2D eigenvalue weighted by Gasteiger charge is 2.30. The quantitative estimate of drug-likeness (QED) is 0.557. The smallest absolute Gasteiger partial charge is 0.172 e. The van der Waals surface area contributed by atoms with E-state index in [1.807, 2.05) is 6.20 Å². The Labute approximate surface area is 213 Å². The van der Waals surface area contributed by atoms with E-state index in [1.165, 1.54) is 11.1 Å². The van der Waals surface area contributed by atoms with Gasteiger partial charge < -0.3 is 9.80 Å². The van der Waals surface area contributed by atoms with Crippen LogP contribution in [0, 0.1) is 24.2 Å². The second-order valence-corrected chi connectivity index (χ2v) is 9.28. The van der Waals surface area contributed by atoms with Crippen molar-refractivity contribution in [2.45, 2.75) is 32.2 Å². The first-order valence-corrected chi connectivity index (χ1v) is 12.2. The molecule has 8 nitrogen and oxygen atoms in total. The van der Waals surface area contributed by atoms with Gasteiger partial charge in [-0.25, -0.2) is 9.97 Å². The van der Waals surface area contributed by atoms with Gasteiger partial charge in [-0.3, -0.25) is 10.00 Å². The van der Waals surface area contributed by atoms with Gasteiger partial charge in [0.15, 0.2) is 11.6 Å². The van der Waals surface area contributed by atoms with Crippen molar-refractivity contribution in [3.05, 3.63) is 65.7 Å². The Kier molecular flexibility index (Phi) is 8.21. The summed E-state index contributed by atoms with van der Waals surface area (Å²) in [6, 6.07) is 13.2. The number of hydrogen-bond acceptors (Lipinski definition) is 7. The van der Waals surface area contributed by atoms with Crippen LogP contribution in [0.25, 0.3) is 0 Å². The Hall–Kier alpha value is -3.15. The molecule has 4 heterocycles. The lowest BCUT2D eigenvalue weighted by Crippen LogP contribution is -2.49. The summed E-state index contributed by atoms with van der Waals surface area (Å²) in [5, 5.41) is 16.4. The highest BCUT2D eigenvalue weighted by atomic mass is 35.5. The van der Waals surface area contributed by atoms with Gasteiger partial charge in [0.1, 0.15) is 0 Å². The van der Waals surface area contributed by atoms with Crippen molar-refractivity contribution in [1.29, 1.82) is 5.26 Å². The summed E-state index contributed by atoms with van der Waals surface area (Å²) < 4.78 is 0. The minimum Gasteiger partial charge on any atom is -0.354 e. The number of aromatic nitrogens is 4. The van der Waals surface area contributed by atoms with Gasteiger partial charge in [0.25, 0.3) is 0 Å². The van der Waals surface area contributed by atoms with Crippen molar-refractivity contribution in [3.63, 3.8) is 0 Å². The number of halogens is 1. The SMILES string of the molecule is Cc1[nH]ncc1C(c1ccccc1)N1CCN(c2nccnc2N2CCC(CC#N)CC2)CC1.Cl. The fourth-order valence-corrected chi connectivity index (χ4v) is 5.30. The lowest BCUT2D eigenvalue weighted by molar-refractivity contribution is 0.211. The third-order valence-electron chi connectivity index (χ3n) is 7.21. The van der Waals surface area contributed by atoms with Crippen molar-refractivity contribution >= 4 is 24.0 Å². The zero-order valence-electron chi connectivity index (χ0n) is 20.2. The molecule has 5 rings (SSSR count). The molecule has 2 saturated heterocycles. The zero-order chi connectivity index (χ0) is 23.3. The Balaban J connectivity index is 0.00000289. The second-order valence-electron chi connectivity index (χ2n) is 9.28. The zero-order valence-corrected chi connectivity index (χ0v) is 21.0. The van der Waals surface area contributed by atoms with E-state index in [1.54, 1.807) is 12.4 Å². The molecule has 1 atom stereocenters. The van der Waals surface area contributed by atoms with Crippen LogP contribution >= 0.6 is 12.4 Å². The Morgan fingerprint density at radius 1 is 0.971 bits per heavy atom. The number of nitrogens with zero attached hydrogens (tertiary/aromatic N) is 7. The molecule has 1 unspecified atom stereocenters. The molecule has 0 saturated carbocycles. The van der Waals surface area contributed by atoms with Gasteiger partial charge >= 0.3 is 0 Å². The van der Waals surface area contributed by atoms with Gasteiger partial charge in [-0.1, -0.05) is 30.3 Å². The van der Waals surface area contributed by atoms with Gasteiger partial charge in [-0.15, -0.1) is 12.4 Å². The maximum absolute atomic E-state index is 9.02. The number of H-pyrrole nitrogens is 1. The van der Waals surface area contributed by atoms with Crippen molar-refractivity contribution in [2.75, 3.05) is 49.1 Å². The number of piperidine rings is 1. The van der Waals surface area contributed by atoms with E-state index >= 15 is 0 Å². The molecule has 2 aliphatic heterocycles. The summed E-state index contributed by atoms with van der Waals surface area (Å²) in [7, 11) is 0. The molecule has 2 aromatic heterocycles. The molecule has 3 aromatic rings. The van der Waals surface area contributed by atoms with E-state index in [2.05, 4.69) is 68.2 Å². The molecule has 9 heteroatoms. The van der Waals surface area contributed by atoms with Crippen LogP contribution in [0.1, 0.15) is 42.1 Å². The molecule has 1 N–H and O–H groups in total. The van der Waals surface area contributed by atoms with Gasteiger partial charge in [-0.05, 0) is 31.2 Å². The first-order chi connectivity index (χ1) is 16.7. The number of anilines is 2. The number of nitrogens with one attached hydrogen (secondary N) is 1. The van der Waals surface area contributed by atoms with Crippen LogP contribution in [-0.4, -0.2) is 64.3 Å². The van der Waals surface area contributed by atoms with Gasteiger partial charge in [-0.2, -0.15) is 10.4 Å². The molecule has 184 valence electrons. The number of benzene rings is 1. The van der Waals surface area contributed by atoms with Crippen LogP contribution < -0.4 is 9.80 Å². The summed E-state index contributed by atoms with van der Waals surface area (Å²) in [6.45, 7) is 7.64. The van der Waals surface area contributed by atoms with Crippen LogP contribution in [0.4, 0.5) is 11.6 Å². The summed E-state index contributed by atoms with van der Waals surface area (Å²) in [6.07, 6.45) is 8.30. The van der Waals surface area contributed by atoms with Crippen LogP contribution in [0.3, 0.4) is 0 Å². The lowest BCUT2D eigenvalue weighted by Gasteiger charge is -2.41. The summed E-state index contributed by atoms with van der Waals surface area (Å²) in [5.74, 6) is 2.47. The van der Waals surface area contributed by atoms with Crippen LogP contribution in [0.2, 0.25) is 0 Å². The lowest BCUT2D eigenvalue weighted by atomic mass is 9.94. The molecule has 0 bridgehead atoms. The van der Waals surface area contributed by atoms with Gasteiger partial charge in [0, 0.05) is 69.3 Å². The number of nitriles is 1. The number of piperazine rings is 1. The van der Waals surface area contributed by atoms with Crippen LogP contribution in [0.5, 0.6) is 0 Å². The summed E-state index contributed by atoms with van der Waals surface area (Å²) in [5.41, 5.74) is 3.65. The van der Waals surface area contributed by atoms with Crippen LogP contribution in [0.15, 0.2) is 48.9 Å². The highest BCUT2D eigenvalue weighted by molar-refractivity contribution is 5.85. The number of aromatic amines is 1. The Bertz CT molecular complexity index is 1110. The van der Waals surface area contributed by atoms with E-state index in [9.17, 15) is 0 Å². The van der Waals surface area contributed by atoms with Crippen molar-refractivity contribution in [3.8, 4) is 6.07 Å². The topological polar surface area (TPSA) is 88.0 Å². The molecule has 2 fully saturated rings. The predicted octanol–water partition coefficient (Wildman–Crippen LogP) is 3.97. The molecule has 0 amide bonds. The fourth-order valence-electron chi connectivity index (χ4n) is 5.30. The third-order valence-corrected chi connectivity index (χ3v) is 7.21. The van der Waals surface area contributed by atoms with Crippen molar-refractivity contribution in [2.24, 2.45) is 5.92 Å². The summed E-state index contributed by atoms with van der Waals surface area (Å²) >= 11 is 0. The first kappa shape index (κ1) is 25.0. The molecule has 0 spiro atoms. The van der Waals surface area contributed by atoms with E-state index < -0.39 is 0 Å². The summed E-state index contributed by atoms with van der Waals surface area (Å²) in [4.78, 5) is 16.8. The number of hydrogen-bond donors (Lipinski definition) is 1. The minimum absolute atomic E-state index is 0. The Morgan fingerprint density at radius 3 is 2.17 bits per heavy atom. The number of rotatable bonds is 6. The van der Waals surface area contributed by atoms with Gasteiger partial charge in [0.2, 0.25) is 0 Å². The van der Waals surface area contributed by atoms with Crippen molar-refractivity contribution in [1.82, 2.24) is 25.1 Å². The monoisotopic (exact) mass is 492 g/mol. The average molecular weight is 493 g/mol. The largest absolute Gasteiger partial charge is 0.354 e. The first-order valence-electron chi connectivity index (χ1n) is 12.2. The highest BCUT2D eigenvalue weighted by Crippen LogP contribution is 2.33. The molecule has 1 aromatic carbocycles. The molecule has 35 heavy (non-hydrogen) atoms. The average Bonchev–Trinajstić information content (AvgIpc) is 3.31. The third kappa shape index (κ3) is 5.42. The minimum atomic E-state index is 0. The van der Waals surface area contributed by atoms with Crippen molar-refractivity contribution < 1.29 is 0 Å². The van der Waals surface area contributed by atoms with Crippen LogP contribution in [-0.2, 0) is 0 Å². The predicted molar refractivity (Wildman–Crippen MR) is 140 cm³/mol. The molecular formula is C26H33ClN8. The van der Waals surface area contributed by atoms with Gasteiger partial charge in [0.05, 0.1) is 18.3 Å². The van der Waals surface area contributed by atoms with E-state index in [0.29, 0.717) is 12.3 Å². The molecular weight excluding hydrogens is 460 g/mol. The molecule has 0 aliphatic carbocycles. The second kappa shape index (κ2) is 11.5. The standard InChI is InChI=1S/C26H32N8.ClH/c1-20-23(19-30-31-20)24(22-5-3-2-4-6-22)32-15-17-34(18-16-32)26-25(28-11-12-29-26)33-13-8-21(7-10-27)9-14-33;/h2-6,11-12,19,21,24H,7-9,13-18H2,1H3,(H,30,31);1H. The normalized spacial score (nSPS) is 18.1. The van der Waals surface area contributed by atoms with E-state index in [0.717, 1.165) is 69.4 Å².